The summed E-state index contributed by atoms with van der Waals surface area (Å²) >= 11 is 0. The van der Waals surface area contributed by atoms with Gasteiger partial charge in [0.25, 0.3) is 0 Å². The second-order valence-electron chi connectivity index (χ2n) is 7.77. The standard InChI is InChI=1S/C21H27N5O/c1-21(2,14-26(3)4)13-24-20-23-12-11-19(25-20)27-18-10-9-17(22)15-7-5-6-8-16(15)18/h5-12H,13-14,22H2,1-4H3,(H,23,24,25). The molecule has 27 heavy (non-hydrogen) atoms. The number of hydrogen-bond acceptors (Lipinski definition) is 6. The van der Waals surface area contributed by atoms with Crippen molar-refractivity contribution in [3.63, 3.8) is 0 Å². The number of nitrogens with two attached hydrogens (primary N) is 1. The second-order valence-corrected chi connectivity index (χ2v) is 7.77. The number of nitrogens with one attached hydrogen (secondary N) is 1. The molecule has 0 aliphatic rings. The van der Waals surface area contributed by atoms with Gasteiger partial charge in [-0.1, -0.05) is 38.1 Å². The molecule has 0 aliphatic carbocycles. The Hall–Kier alpha value is -2.86. The third-order valence-corrected chi connectivity index (χ3v) is 4.23. The lowest BCUT2D eigenvalue weighted by molar-refractivity contribution is 0.254. The molecule has 6 heteroatoms. The van der Waals surface area contributed by atoms with E-state index in [2.05, 4.69) is 48.1 Å². The van der Waals surface area contributed by atoms with Gasteiger partial charge < -0.3 is 20.7 Å². The summed E-state index contributed by atoms with van der Waals surface area (Å²) in [5.74, 6) is 1.77. The summed E-state index contributed by atoms with van der Waals surface area (Å²) in [6, 6.07) is 13.4. The van der Waals surface area contributed by atoms with E-state index in [-0.39, 0.29) is 5.41 Å². The van der Waals surface area contributed by atoms with Crippen LogP contribution in [0.4, 0.5) is 11.6 Å². The highest BCUT2D eigenvalue weighted by Crippen LogP contribution is 2.32. The molecule has 142 valence electrons. The first-order valence-electron chi connectivity index (χ1n) is 9.01. The van der Waals surface area contributed by atoms with Crippen molar-refractivity contribution in [1.29, 1.82) is 0 Å². The molecule has 1 heterocycles. The number of aromatic nitrogens is 2. The first-order valence-corrected chi connectivity index (χ1v) is 9.01. The Morgan fingerprint density at radius 2 is 1.81 bits per heavy atom. The number of nitrogen functional groups attached to an aromatic ring is 1. The van der Waals surface area contributed by atoms with E-state index in [1.54, 1.807) is 12.3 Å². The first kappa shape index (κ1) is 18.9. The van der Waals surface area contributed by atoms with Crippen molar-refractivity contribution in [3.05, 3.63) is 48.7 Å². The van der Waals surface area contributed by atoms with Crippen LogP contribution in [0.2, 0.25) is 0 Å². The second kappa shape index (κ2) is 7.80. The molecule has 1 aromatic heterocycles. The van der Waals surface area contributed by atoms with Gasteiger partial charge in [0.1, 0.15) is 5.75 Å². The molecule has 0 unspecified atom stereocenters. The van der Waals surface area contributed by atoms with Gasteiger partial charge in [0.2, 0.25) is 11.8 Å². The minimum Gasteiger partial charge on any atom is -0.438 e. The number of ether oxygens (including phenoxy) is 1. The van der Waals surface area contributed by atoms with E-state index in [1.165, 1.54) is 0 Å². The van der Waals surface area contributed by atoms with Crippen molar-refractivity contribution >= 4 is 22.4 Å². The van der Waals surface area contributed by atoms with Crippen LogP contribution in [0.15, 0.2) is 48.7 Å². The van der Waals surface area contributed by atoms with Crippen molar-refractivity contribution in [1.82, 2.24) is 14.9 Å². The fraction of sp³-hybridized carbons (Fsp3) is 0.333. The summed E-state index contributed by atoms with van der Waals surface area (Å²) in [6.07, 6.45) is 1.70. The van der Waals surface area contributed by atoms with Crippen LogP contribution >= 0.6 is 0 Å². The summed E-state index contributed by atoms with van der Waals surface area (Å²) in [7, 11) is 4.15. The van der Waals surface area contributed by atoms with Gasteiger partial charge in [0, 0.05) is 41.8 Å². The molecule has 3 rings (SSSR count). The number of hydrogen-bond donors (Lipinski definition) is 2. The summed E-state index contributed by atoms with van der Waals surface area (Å²) < 4.78 is 6.03. The predicted octanol–water partition coefficient (Wildman–Crippen LogP) is 4.00. The smallest absolute Gasteiger partial charge is 0.225 e. The number of anilines is 2. The normalized spacial score (nSPS) is 11.7. The molecule has 3 N–H and O–H groups in total. The van der Waals surface area contributed by atoms with Crippen LogP contribution in [0.3, 0.4) is 0 Å². The van der Waals surface area contributed by atoms with Crippen molar-refractivity contribution in [2.75, 3.05) is 38.2 Å². The predicted molar refractivity (Wildman–Crippen MR) is 111 cm³/mol. The largest absolute Gasteiger partial charge is 0.438 e. The van der Waals surface area contributed by atoms with E-state index >= 15 is 0 Å². The molecule has 0 saturated heterocycles. The zero-order valence-electron chi connectivity index (χ0n) is 16.4. The molecule has 0 atom stereocenters. The van der Waals surface area contributed by atoms with Gasteiger partial charge in [-0.25, -0.2) is 4.98 Å². The topological polar surface area (TPSA) is 76.3 Å². The number of benzene rings is 2. The Balaban J connectivity index is 1.76. The van der Waals surface area contributed by atoms with Gasteiger partial charge in [-0.15, -0.1) is 0 Å². The van der Waals surface area contributed by atoms with Crippen LogP contribution in [-0.4, -0.2) is 42.1 Å². The lowest BCUT2D eigenvalue weighted by Gasteiger charge is -2.28. The van der Waals surface area contributed by atoms with Crippen LogP contribution in [-0.2, 0) is 0 Å². The van der Waals surface area contributed by atoms with Crippen molar-refractivity contribution in [2.45, 2.75) is 13.8 Å². The molecule has 0 saturated carbocycles. The third kappa shape index (κ3) is 4.86. The highest BCUT2D eigenvalue weighted by atomic mass is 16.5. The van der Waals surface area contributed by atoms with Gasteiger partial charge in [-0.2, -0.15) is 4.98 Å². The minimum atomic E-state index is 0.0941. The highest BCUT2D eigenvalue weighted by molar-refractivity contribution is 5.97. The van der Waals surface area contributed by atoms with Crippen molar-refractivity contribution in [3.8, 4) is 11.6 Å². The molecular formula is C21H27N5O. The van der Waals surface area contributed by atoms with E-state index < -0.39 is 0 Å². The maximum atomic E-state index is 6.06. The molecule has 0 radical (unpaired) electrons. The maximum Gasteiger partial charge on any atom is 0.225 e. The van der Waals surface area contributed by atoms with E-state index in [1.807, 2.05) is 36.4 Å². The SMILES string of the molecule is CN(C)CC(C)(C)CNc1nccc(Oc2ccc(N)c3ccccc23)n1. The molecule has 3 aromatic rings. The summed E-state index contributed by atoms with van der Waals surface area (Å²) in [5.41, 5.74) is 6.88. The molecule has 0 amide bonds. The van der Waals surface area contributed by atoms with Crippen molar-refractivity contribution in [2.24, 2.45) is 5.41 Å². The van der Waals surface area contributed by atoms with Gasteiger partial charge >= 0.3 is 0 Å². The van der Waals surface area contributed by atoms with E-state index in [0.29, 0.717) is 11.8 Å². The fourth-order valence-corrected chi connectivity index (χ4v) is 3.21. The molecular weight excluding hydrogens is 338 g/mol. The average Bonchev–Trinajstić information content (AvgIpc) is 2.62. The molecule has 0 aliphatic heterocycles. The molecule has 0 fully saturated rings. The zero-order chi connectivity index (χ0) is 19.4. The molecule has 0 spiro atoms. The van der Waals surface area contributed by atoms with Crippen LogP contribution in [0.25, 0.3) is 10.8 Å². The van der Waals surface area contributed by atoms with Crippen LogP contribution in [0.1, 0.15) is 13.8 Å². The van der Waals surface area contributed by atoms with Gasteiger partial charge in [-0.05, 0) is 31.6 Å². The van der Waals surface area contributed by atoms with Crippen LogP contribution in [0.5, 0.6) is 11.6 Å². The van der Waals surface area contributed by atoms with Crippen molar-refractivity contribution < 1.29 is 4.74 Å². The zero-order valence-corrected chi connectivity index (χ0v) is 16.4. The molecule has 2 aromatic carbocycles. The maximum absolute atomic E-state index is 6.06. The Morgan fingerprint density at radius 1 is 1.07 bits per heavy atom. The third-order valence-electron chi connectivity index (χ3n) is 4.23. The van der Waals surface area contributed by atoms with Gasteiger partial charge in [0.05, 0.1) is 0 Å². The Kier molecular flexibility index (Phi) is 5.46. The van der Waals surface area contributed by atoms with Crippen LogP contribution < -0.4 is 15.8 Å². The monoisotopic (exact) mass is 365 g/mol. The fourth-order valence-electron chi connectivity index (χ4n) is 3.21. The lowest BCUT2D eigenvalue weighted by atomic mass is 9.93. The number of rotatable bonds is 7. The van der Waals surface area contributed by atoms with Gasteiger partial charge in [-0.3, -0.25) is 0 Å². The highest BCUT2D eigenvalue weighted by Gasteiger charge is 2.19. The van der Waals surface area contributed by atoms with E-state index in [4.69, 9.17) is 10.5 Å². The van der Waals surface area contributed by atoms with E-state index in [0.717, 1.165) is 35.3 Å². The van der Waals surface area contributed by atoms with Gasteiger partial charge in [0.15, 0.2) is 0 Å². The lowest BCUT2D eigenvalue weighted by Crippen LogP contribution is -2.34. The first-order chi connectivity index (χ1) is 12.8. The van der Waals surface area contributed by atoms with Crippen LogP contribution in [0, 0.1) is 5.41 Å². The Labute approximate surface area is 160 Å². The summed E-state index contributed by atoms with van der Waals surface area (Å²) in [5, 5.41) is 5.24. The average molecular weight is 365 g/mol. The summed E-state index contributed by atoms with van der Waals surface area (Å²) in [4.78, 5) is 11.0. The quantitative estimate of drug-likeness (QED) is 0.616. The molecule has 6 nitrogen and oxygen atoms in total. The summed E-state index contributed by atoms with van der Waals surface area (Å²) in [6.45, 7) is 6.15. The number of nitrogens with zero attached hydrogens (tertiary/aromatic N) is 3. The molecule has 0 bridgehead atoms. The Morgan fingerprint density at radius 3 is 2.56 bits per heavy atom. The Bertz CT molecular complexity index is 923. The minimum absolute atomic E-state index is 0.0941. The number of fused-ring (bicyclic) bond motifs is 1. The van der Waals surface area contributed by atoms with E-state index in [9.17, 15) is 0 Å².